The van der Waals surface area contributed by atoms with Crippen molar-refractivity contribution < 1.29 is 14.0 Å². The summed E-state index contributed by atoms with van der Waals surface area (Å²) in [5.74, 6) is 1.88. The molecular weight excluding hydrogens is 340 g/mol. The van der Waals surface area contributed by atoms with Gasteiger partial charge in [-0.1, -0.05) is 0 Å². The fourth-order valence-corrected chi connectivity index (χ4v) is 4.85. The van der Waals surface area contributed by atoms with Crippen molar-refractivity contribution in [2.75, 3.05) is 26.2 Å². The molecule has 3 aliphatic rings. The molecule has 1 aliphatic carbocycles. The first-order valence-corrected chi connectivity index (χ1v) is 10.1. The molecule has 5 heteroatoms. The molecule has 0 N–H and O–H groups in total. The summed E-state index contributed by atoms with van der Waals surface area (Å²) < 4.78 is 5.61. The summed E-state index contributed by atoms with van der Waals surface area (Å²) >= 11 is 0. The lowest BCUT2D eigenvalue weighted by atomic mass is 9.78. The lowest BCUT2D eigenvalue weighted by Gasteiger charge is -2.39. The van der Waals surface area contributed by atoms with E-state index in [0.717, 1.165) is 49.1 Å². The predicted octanol–water partition coefficient (Wildman–Crippen LogP) is 3.61. The van der Waals surface area contributed by atoms with Crippen LogP contribution in [0.25, 0.3) is 11.0 Å². The van der Waals surface area contributed by atoms with E-state index in [1.807, 2.05) is 36.1 Å². The molecular formula is C22H26N2O3. The number of hydrogen-bond acceptors (Lipinski definition) is 3. The lowest BCUT2D eigenvalue weighted by molar-refractivity contribution is -0.145. The van der Waals surface area contributed by atoms with E-state index in [0.29, 0.717) is 24.6 Å². The Balaban J connectivity index is 1.34. The summed E-state index contributed by atoms with van der Waals surface area (Å²) in [6, 6.07) is 7.56. The number of benzene rings is 1. The molecule has 1 spiro atoms. The monoisotopic (exact) mass is 366 g/mol. The van der Waals surface area contributed by atoms with E-state index < -0.39 is 0 Å². The summed E-state index contributed by atoms with van der Waals surface area (Å²) in [6.07, 6.45) is 5.29. The summed E-state index contributed by atoms with van der Waals surface area (Å²) in [5.41, 5.74) is 1.14. The standard InChI is InChI=1S/C22H26N2O3/c1-15-11-18-12-17(5-6-19(18)27-15)20(25)24-10-8-22(14-24)7-2-9-23(21(22)26)13-16-3-4-16/h5-6,11-12,16H,2-4,7-10,13-14H2,1H3. The minimum absolute atomic E-state index is 0.0275. The van der Waals surface area contributed by atoms with Gasteiger partial charge >= 0.3 is 0 Å². The fourth-order valence-electron chi connectivity index (χ4n) is 4.85. The van der Waals surface area contributed by atoms with E-state index in [1.165, 1.54) is 12.8 Å². The van der Waals surface area contributed by atoms with Crippen molar-refractivity contribution in [2.24, 2.45) is 11.3 Å². The number of amides is 2. The van der Waals surface area contributed by atoms with Gasteiger partial charge in [-0.15, -0.1) is 0 Å². The molecule has 1 aromatic carbocycles. The normalized spacial score (nSPS) is 25.7. The van der Waals surface area contributed by atoms with E-state index in [2.05, 4.69) is 4.90 Å². The molecule has 1 atom stereocenters. The molecule has 0 bridgehead atoms. The summed E-state index contributed by atoms with van der Waals surface area (Å²) in [4.78, 5) is 30.2. The highest BCUT2D eigenvalue weighted by atomic mass is 16.3. The third-order valence-corrected chi connectivity index (χ3v) is 6.53. The van der Waals surface area contributed by atoms with Crippen LogP contribution in [0.15, 0.2) is 28.7 Å². The molecule has 5 nitrogen and oxygen atoms in total. The number of rotatable bonds is 3. The van der Waals surface area contributed by atoms with Gasteiger partial charge < -0.3 is 14.2 Å². The number of likely N-dealkylation sites (tertiary alicyclic amines) is 2. The summed E-state index contributed by atoms with van der Waals surface area (Å²) in [5, 5.41) is 0.955. The van der Waals surface area contributed by atoms with Crippen molar-refractivity contribution in [3.05, 3.63) is 35.6 Å². The third-order valence-electron chi connectivity index (χ3n) is 6.53. The number of aryl methyl sites for hydroxylation is 1. The van der Waals surface area contributed by atoms with Crippen LogP contribution in [0.1, 0.15) is 48.2 Å². The van der Waals surface area contributed by atoms with Gasteiger partial charge in [0, 0.05) is 37.1 Å². The van der Waals surface area contributed by atoms with Crippen LogP contribution in [0, 0.1) is 18.3 Å². The number of hydrogen-bond donors (Lipinski definition) is 0. The Morgan fingerprint density at radius 3 is 2.89 bits per heavy atom. The molecule has 2 aliphatic heterocycles. The largest absolute Gasteiger partial charge is 0.461 e. The Hall–Kier alpha value is -2.30. The summed E-state index contributed by atoms with van der Waals surface area (Å²) in [7, 11) is 0. The Labute approximate surface area is 159 Å². The molecule has 2 amide bonds. The number of carbonyl (C=O) groups excluding carboxylic acids is 2. The van der Waals surface area contributed by atoms with Gasteiger partial charge in [0.25, 0.3) is 5.91 Å². The van der Waals surface area contributed by atoms with Gasteiger partial charge in [-0.05, 0) is 69.2 Å². The van der Waals surface area contributed by atoms with Gasteiger partial charge in [0.15, 0.2) is 0 Å². The topological polar surface area (TPSA) is 53.8 Å². The van der Waals surface area contributed by atoms with Gasteiger partial charge in [-0.3, -0.25) is 9.59 Å². The molecule has 0 radical (unpaired) electrons. The van der Waals surface area contributed by atoms with Crippen molar-refractivity contribution >= 4 is 22.8 Å². The Bertz CT molecular complexity index is 913. The molecule has 2 aromatic rings. The predicted molar refractivity (Wildman–Crippen MR) is 102 cm³/mol. The highest BCUT2D eigenvalue weighted by Crippen LogP contribution is 2.42. The molecule has 142 valence electrons. The van der Waals surface area contributed by atoms with Crippen LogP contribution in [0.2, 0.25) is 0 Å². The minimum atomic E-state index is -0.348. The Morgan fingerprint density at radius 1 is 1.22 bits per heavy atom. The first-order valence-electron chi connectivity index (χ1n) is 10.1. The maximum Gasteiger partial charge on any atom is 0.253 e. The van der Waals surface area contributed by atoms with E-state index in [1.54, 1.807) is 0 Å². The highest BCUT2D eigenvalue weighted by Gasteiger charge is 2.50. The lowest BCUT2D eigenvalue weighted by Crippen LogP contribution is -2.50. The molecule has 27 heavy (non-hydrogen) atoms. The van der Waals surface area contributed by atoms with Crippen LogP contribution in [0.4, 0.5) is 0 Å². The second kappa shape index (κ2) is 6.11. The van der Waals surface area contributed by atoms with Crippen LogP contribution in [-0.4, -0.2) is 47.8 Å². The van der Waals surface area contributed by atoms with Crippen molar-refractivity contribution in [2.45, 2.75) is 39.0 Å². The van der Waals surface area contributed by atoms with Gasteiger partial charge in [0.1, 0.15) is 11.3 Å². The van der Waals surface area contributed by atoms with Crippen LogP contribution >= 0.6 is 0 Å². The van der Waals surface area contributed by atoms with Gasteiger partial charge in [-0.2, -0.15) is 0 Å². The molecule has 2 saturated heterocycles. The average Bonchev–Trinajstić information content (AvgIpc) is 3.24. The maximum absolute atomic E-state index is 13.2. The number of nitrogens with zero attached hydrogens (tertiary/aromatic N) is 2. The zero-order chi connectivity index (χ0) is 18.6. The molecule has 1 unspecified atom stereocenters. The molecule has 1 saturated carbocycles. The van der Waals surface area contributed by atoms with Crippen LogP contribution in [-0.2, 0) is 4.79 Å². The second-order valence-corrected chi connectivity index (χ2v) is 8.66. The van der Waals surface area contributed by atoms with Gasteiger partial charge in [0.2, 0.25) is 5.91 Å². The van der Waals surface area contributed by atoms with E-state index in [-0.39, 0.29) is 17.2 Å². The molecule has 3 heterocycles. The number of furan rings is 1. The van der Waals surface area contributed by atoms with Crippen molar-refractivity contribution in [1.29, 1.82) is 0 Å². The average molecular weight is 366 g/mol. The van der Waals surface area contributed by atoms with Crippen molar-refractivity contribution in [3.8, 4) is 0 Å². The quantitative estimate of drug-likeness (QED) is 0.834. The third kappa shape index (κ3) is 2.93. The highest BCUT2D eigenvalue weighted by molar-refractivity contribution is 5.98. The van der Waals surface area contributed by atoms with Crippen LogP contribution in [0.5, 0.6) is 0 Å². The van der Waals surface area contributed by atoms with E-state index in [4.69, 9.17) is 4.42 Å². The number of carbonyl (C=O) groups is 2. The Morgan fingerprint density at radius 2 is 2.07 bits per heavy atom. The first kappa shape index (κ1) is 16.8. The smallest absolute Gasteiger partial charge is 0.253 e. The first-order chi connectivity index (χ1) is 13.0. The SMILES string of the molecule is Cc1cc2cc(C(=O)N3CCC4(CCCN(CC5CC5)C4=O)C3)ccc2o1. The zero-order valence-corrected chi connectivity index (χ0v) is 15.9. The molecule has 1 aromatic heterocycles. The summed E-state index contributed by atoms with van der Waals surface area (Å²) in [6.45, 7) is 4.96. The minimum Gasteiger partial charge on any atom is -0.461 e. The van der Waals surface area contributed by atoms with Crippen molar-refractivity contribution in [1.82, 2.24) is 9.80 Å². The molecule has 5 rings (SSSR count). The fraction of sp³-hybridized carbons (Fsp3) is 0.545. The van der Waals surface area contributed by atoms with Crippen LogP contribution in [0.3, 0.4) is 0 Å². The van der Waals surface area contributed by atoms with E-state index in [9.17, 15) is 9.59 Å². The zero-order valence-electron chi connectivity index (χ0n) is 15.9. The number of piperidine rings is 1. The second-order valence-electron chi connectivity index (χ2n) is 8.66. The Kier molecular flexibility index (Phi) is 3.81. The van der Waals surface area contributed by atoms with Crippen molar-refractivity contribution in [3.63, 3.8) is 0 Å². The van der Waals surface area contributed by atoms with Crippen LogP contribution < -0.4 is 0 Å². The van der Waals surface area contributed by atoms with Gasteiger partial charge in [-0.25, -0.2) is 0 Å². The molecule has 3 fully saturated rings. The maximum atomic E-state index is 13.2. The van der Waals surface area contributed by atoms with E-state index >= 15 is 0 Å². The number of fused-ring (bicyclic) bond motifs is 1. The van der Waals surface area contributed by atoms with Gasteiger partial charge in [0.05, 0.1) is 5.41 Å².